The summed E-state index contributed by atoms with van der Waals surface area (Å²) in [5.41, 5.74) is 0.649. The van der Waals surface area contributed by atoms with Gasteiger partial charge in [0.25, 0.3) is 0 Å². The summed E-state index contributed by atoms with van der Waals surface area (Å²) in [7, 11) is 0. The minimum absolute atomic E-state index is 0.0489. The van der Waals surface area contributed by atoms with E-state index in [1.165, 1.54) is 6.08 Å². The summed E-state index contributed by atoms with van der Waals surface area (Å²) in [5.74, 6) is -0.888. The number of halogens is 1. The molecule has 0 radical (unpaired) electrons. The molecule has 3 rings (SSSR count). The Balaban J connectivity index is 1.99. The van der Waals surface area contributed by atoms with Crippen molar-refractivity contribution in [1.29, 1.82) is 0 Å². The number of ether oxygens (including phenoxy) is 2. The van der Waals surface area contributed by atoms with Gasteiger partial charge in [-0.1, -0.05) is 23.8 Å². The molecule has 2 amide bonds. The van der Waals surface area contributed by atoms with Crippen molar-refractivity contribution in [3.05, 3.63) is 35.9 Å². The topological polar surface area (TPSA) is 77.5 Å². The Morgan fingerprint density at radius 1 is 1.15 bits per heavy atom. The number of benzene rings is 1. The number of hydrogen-bond donors (Lipinski definition) is 0. The number of amides is 2. The number of nitrogens with zero attached hydrogens (tertiary/aromatic N) is 2. The zero-order valence-corrected chi connectivity index (χ0v) is 15.4. The summed E-state index contributed by atoms with van der Waals surface area (Å²) in [6.07, 6.45) is -0.197. The van der Waals surface area contributed by atoms with Gasteiger partial charge in [-0.15, -0.1) is 0 Å². The molecule has 146 valence electrons. The van der Waals surface area contributed by atoms with E-state index in [4.69, 9.17) is 18.8 Å². The van der Waals surface area contributed by atoms with Gasteiger partial charge < -0.3 is 23.1 Å². The van der Waals surface area contributed by atoms with Crippen molar-refractivity contribution < 1.29 is 32.7 Å². The molecule has 8 nitrogen and oxygen atoms in total. The van der Waals surface area contributed by atoms with Crippen molar-refractivity contribution in [1.82, 2.24) is 10.0 Å². The highest BCUT2D eigenvalue weighted by Gasteiger charge is 2.53. The molecular weight excluding hydrogens is 358 g/mol. The molecule has 1 atom stereocenters. The van der Waals surface area contributed by atoms with Crippen LogP contribution in [0.2, 0.25) is 0 Å². The first-order valence-corrected chi connectivity index (χ1v) is 8.76. The number of rotatable bonds is 3. The molecule has 1 aromatic carbocycles. The van der Waals surface area contributed by atoms with E-state index in [9.17, 15) is 9.59 Å². The van der Waals surface area contributed by atoms with Crippen molar-refractivity contribution in [2.24, 2.45) is 0 Å². The van der Waals surface area contributed by atoms with E-state index in [1.54, 1.807) is 45.0 Å². The Morgan fingerprint density at radius 2 is 1.70 bits per heavy atom. The summed E-state index contributed by atoms with van der Waals surface area (Å²) in [6, 6.07) is 6.49. The number of hydrazine groups is 1. The van der Waals surface area contributed by atoms with Crippen LogP contribution in [0.1, 0.15) is 20.8 Å². The fraction of sp³-hybridized carbons (Fsp3) is 0.412. The molecule has 2 aliphatic rings. The van der Waals surface area contributed by atoms with Crippen LogP contribution in [-0.4, -0.2) is 54.7 Å². The Bertz CT molecular complexity index is 749. The predicted molar refractivity (Wildman–Crippen MR) is 94.7 cm³/mol. The van der Waals surface area contributed by atoms with E-state index in [-0.39, 0.29) is 31.3 Å². The first-order chi connectivity index (χ1) is 12.9. The van der Waals surface area contributed by atoms with Crippen LogP contribution in [-0.2, 0) is 9.47 Å². The molecule has 0 saturated carbocycles. The molecule has 0 saturated heterocycles. The fourth-order valence-electron chi connectivity index (χ4n) is 3.09. The van der Waals surface area contributed by atoms with Gasteiger partial charge in [-0.25, -0.2) is 19.6 Å². The fourth-order valence-corrected chi connectivity index (χ4v) is 3.09. The van der Waals surface area contributed by atoms with Crippen LogP contribution in [0.15, 0.2) is 35.9 Å². The van der Waals surface area contributed by atoms with E-state index in [0.717, 1.165) is 10.0 Å². The van der Waals surface area contributed by atoms with Gasteiger partial charge in [0, 0.05) is 0 Å². The van der Waals surface area contributed by atoms with Crippen molar-refractivity contribution in [3.8, 4) is 11.5 Å². The van der Waals surface area contributed by atoms with Crippen LogP contribution < -0.4 is 9.31 Å². The van der Waals surface area contributed by atoms with Gasteiger partial charge in [-0.3, -0.25) is 0 Å². The number of fused-ring (bicyclic) bond motifs is 1. The van der Waals surface area contributed by atoms with Crippen molar-refractivity contribution >= 4 is 19.0 Å². The zero-order valence-electron chi connectivity index (χ0n) is 15.4. The lowest BCUT2D eigenvalue weighted by molar-refractivity contribution is -0.0291. The van der Waals surface area contributed by atoms with Gasteiger partial charge in [0.1, 0.15) is 11.5 Å². The second-order valence-electron chi connectivity index (χ2n) is 6.16. The van der Waals surface area contributed by atoms with Gasteiger partial charge in [0.2, 0.25) is 0 Å². The maximum Gasteiger partial charge on any atom is 0.554 e. The average Bonchev–Trinajstić information content (AvgIpc) is 2.98. The lowest BCUT2D eigenvalue weighted by Crippen LogP contribution is -2.68. The molecule has 2 aliphatic heterocycles. The lowest BCUT2D eigenvalue weighted by Gasteiger charge is -2.47. The van der Waals surface area contributed by atoms with Crippen LogP contribution in [0.5, 0.6) is 11.5 Å². The Morgan fingerprint density at radius 3 is 2.26 bits per heavy atom. The molecule has 2 heterocycles. The van der Waals surface area contributed by atoms with Crippen LogP contribution in [0.3, 0.4) is 0 Å². The summed E-state index contributed by atoms with van der Waals surface area (Å²) in [6.45, 7) is 1.63. The molecule has 0 N–H and O–H groups in total. The third-order valence-electron chi connectivity index (χ3n) is 4.16. The number of carbonyl (C=O) groups is 2. The number of para-hydroxylation sites is 2. The van der Waals surface area contributed by atoms with E-state index in [2.05, 4.69) is 0 Å². The maximum atomic E-state index is 15.8. The highest BCUT2D eigenvalue weighted by atomic mass is 19.1. The SMILES string of the molecule is CCOC(=O)N1CC(C)=CC([B-]2(F)Oc3ccccc3O2)N1C(=O)OCC. The largest absolute Gasteiger partial charge is 0.653 e. The molecule has 0 bridgehead atoms. The number of hydrogen-bond acceptors (Lipinski definition) is 6. The summed E-state index contributed by atoms with van der Waals surface area (Å²) in [4.78, 5) is 24.9. The van der Waals surface area contributed by atoms with Crippen LogP contribution >= 0.6 is 0 Å². The molecule has 0 spiro atoms. The Kier molecular flexibility index (Phi) is 5.16. The second-order valence-corrected chi connectivity index (χ2v) is 6.16. The van der Waals surface area contributed by atoms with Gasteiger partial charge in [-0.2, -0.15) is 0 Å². The molecule has 1 aromatic rings. The van der Waals surface area contributed by atoms with Gasteiger partial charge in [-0.05, 0) is 32.9 Å². The molecular formula is C17H21BFN2O6-. The molecule has 27 heavy (non-hydrogen) atoms. The quantitative estimate of drug-likeness (QED) is 0.594. The highest BCUT2D eigenvalue weighted by Crippen LogP contribution is 2.41. The van der Waals surface area contributed by atoms with Crippen molar-refractivity contribution in [2.45, 2.75) is 26.7 Å². The van der Waals surface area contributed by atoms with E-state index >= 15 is 4.32 Å². The summed E-state index contributed by atoms with van der Waals surface area (Å²) >= 11 is 0. The normalized spacial score (nSPS) is 20.1. The molecule has 0 aliphatic carbocycles. The smallest absolute Gasteiger partial charge is 0.554 e. The van der Waals surface area contributed by atoms with Crippen molar-refractivity contribution in [3.63, 3.8) is 0 Å². The minimum Gasteiger partial charge on any atom is -0.653 e. The van der Waals surface area contributed by atoms with E-state index in [1.807, 2.05) is 0 Å². The molecule has 1 unspecified atom stereocenters. The third kappa shape index (κ3) is 3.51. The molecule has 0 aromatic heterocycles. The molecule has 10 heteroatoms. The monoisotopic (exact) mass is 379 g/mol. The first-order valence-electron chi connectivity index (χ1n) is 8.76. The van der Waals surface area contributed by atoms with Crippen LogP contribution in [0.25, 0.3) is 0 Å². The standard InChI is InChI=1S/C17H21BFN2O6/c1-4-24-16(22)20-11-12(3)10-15(21(20)17(23)25-5-2)18(19)26-13-8-6-7-9-14(13)27-18/h6-10,15H,4-5,11H2,1-3H3/q-1. The highest BCUT2D eigenvalue weighted by molar-refractivity contribution is 6.65. The van der Waals surface area contributed by atoms with Crippen LogP contribution in [0.4, 0.5) is 13.9 Å². The zero-order chi connectivity index (χ0) is 19.6. The van der Waals surface area contributed by atoms with Gasteiger partial charge in [0.05, 0.1) is 25.7 Å². The van der Waals surface area contributed by atoms with E-state index in [0.29, 0.717) is 5.57 Å². The summed E-state index contributed by atoms with van der Waals surface area (Å²) < 4.78 is 36.7. The first kappa shape index (κ1) is 18.9. The van der Waals surface area contributed by atoms with Crippen LogP contribution in [0, 0.1) is 0 Å². The minimum atomic E-state index is -3.53. The molecule has 0 fully saturated rings. The Labute approximate surface area is 156 Å². The van der Waals surface area contributed by atoms with Gasteiger partial charge in [0.15, 0.2) is 0 Å². The van der Waals surface area contributed by atoms with Gasteiger partial charge >= 0.3 is 19.0 Å². The second kappa shape index (κ2) is 7.38. The maximum absolute atomic E-state index is 15.8. The van der Waals surface area contributed by atoms with E-state index < -0.39 is 25.0 Å². The predicted octanol–water partition coefficient (Wildman–Crippen LogP) is 3.07. The third-order valence-corrected chi connectivity index (χ3v) is 4.16. The average molecular weight is 379 g/mol. The van der Waals surface area contributed by atoms with Crippen molar-refractivity contribution in [2.75, 3.05) is 19.8 Å². The lowest BCUT2D eigenvalue weighted by atomic mass is 9.70. The Hall–Kier alpha value is -2.91. The number of carbonyl (C=O) groups excluding carboxylic acids is 2. The summed E-state index contributed by atoms with van der Waals surface area (Å²) in [5, 5.41) is 1.86.